The Kier molecular flexibility index (Phi) is 4.39. The average molecular weight is 344 g/mol. The van der Waals surface area contributed by atoms with Gasteiger partial charge in [0, 0.05) is 11.0 Å². The zero-order valence-electron chi connectivity index (χ0n) is 12.3. The molecule has 3 amide bonds. The monoisotopic (exact) mass is 344 g/mol. The van der Waals surface area contributed by atoms with Crippen LogP contribution < -0.4 is 5.32 Å². The number of hydrogen-bond donors (Lipinski definition) is 2. The highest BCUT2D eigenvalue weighted by molar-refractivity contribution is 7.99. The summed E-state index contributed by atoms with van der Waals surface area (Å²) in [7, 11) is 0. The molecule has 0 bridgehead atoms. The molecule has 8 heteroatoms. The first-order chi connectivity index (χ1) is 11.5. The first-order valence-electron chi connectivity index (χ1n) is 6.92. The van der Waals surface area contributed by atoms with Gasteiger partial charge in [0.05, 0.1) is 0 Å². The van der Waals surface area contributed by atoms with Gasteiger partial charge < -0.3 is 14.8 Å². The summed E-state index contributed by atoms with van der Waals surface area (Å²) in [4.78, 5) is 35.9. The van der Waals surface area contributed by atoms with Crippen molar-refractivity contribution in [3.05, 3.63) is 53.9 Å². The summed E-state index contributed by atoms with van der Waals surface area (Å²) in [6, 6.07) is 12.3. The molecule has 24 heavy (non-hydrogen) atoms. The van der Waals surface area contributed by atoms with Gasteiger partial charge in [-0.3, -0.25) is 9.59 Å². The third kappa shape index (κ3) is 3.49. The first-order valence-corrected chi connectivity index (χ1v) is 7.73. The molecule has 0 saturated carbocycles. The van der Waals surface area contributed by atoms with Crippen molar-refractivity contribution in [3.8, 4) is 0 Å². The van der Waals surface area contributed by atoms with Crippen molar-refractivity contribution in [2.75, 3.05) is 6.54 Å². The number of imide groups is 1. The summed E-state index contributed by atoms with van der Waals surface area (Å²) >= 11 is 1.42. The average Bonchev–Trinajstić information content (AvgIpc) is 3.08. The maximum atomic E-state index is 12.0. The quantitative estimate of drug-likeness (QED) is 0.638. The van der Waals surface area contributed by atoms with Crippen molar-refractivity contribution in [3.63, 3.8) is 0 Å². The summed E-state index contributed by atoms with van der Waals surface area (Å²) in [5.41, 5.74) is -0.0214. The van der Waals surface area contributed by atoms with E-state index in [0.29, 0.717) is 15.8 Å². The van der Waals surface area contributed by atoms with E-state index < -0.39 is 24.5 Å². The Balaban J connectivity index is 1.74. The summed E-state index contributed by atoms with van der Waals surface area (Å²) in [6.07, 6.45) is 1.37. The molecular formula is C16H12N2O5S. The van der Waals surface area contributed by atoms with E-state index in [0.717, 1.165) is 4.90 Å². The minimum atomic E-state index is -1.26. The SMILES string of the molecule is O=C(O)CN1C(=O)N/C(=C/c2ccc(Sc3ccccc3)o2)C1=O. The Morgan fingerprint density at radius 2 is 1.96 bits per heavy atom. The highest BCUT2D eigenvalue weighted by atomic mass is 32.2. The molecule has 3 rings (SSSR count). The predicted octanol–water partition coefficient (Wildman–Crippen LogP) is 2.41. The summed E-state index contributed by atoms with van der Waals surface area (Å²) in [5.74, 6) is -1.58. The van der Waals surface area contributed by atoms with Gasteiger partial charge in [0.2, 0.25) is 0 Å². The summed E-state index contributed by atoms with van der Waals surface area (Å²) < 4.78 is 5.60. The number of carboxylic acid groups (broad SMARTS) is 1. The number of carbonyl (C=O) groups is 3. The lowest BCUT2D eigenvalue weighted by Crippen LogP contribution is -2.35. The van der Waals surface area contributed by atoms with E-state index in [1.54, 1.807) is 12.1 Å². The van der Waals surface area contributed by atoms with Gasteiger partial charge in [-0.25, -0.2) is 9.69 Å². The van der Waals surface area contributed by atoms with Crippen molar-refractivity contribution in [2.24, 2.45) is 0 Å². The largest absolute Gasteiger partial charge is 0.480 e. The van der Waals surface area contributed by atoms with E-state index in [4.69, 9.17) is 9.52 Å². The highest BCUT2D eigenvalue weighted by Crippen LogP contribution is 2.29. The topological polar surface area (TPSA) is 99.8 Å². The van der Waals surface area contributed by atoms with Crippen LogP contribution in [0.5, 0.6) is 0 Å². The van der Waals surface area contributed by atoms with E-state index in [-0.39, 0.29) is 5.70 Å². The zero-order valence-corrected chi connectivity index (χ0v) is 13.1. The van der Waals surface area contributed by atoms with E-state index in [2.05, 4.69) is 5.32 Å². The third-order valence-electron chi connectivity index (χ3n) is 3.11. The Morgan fingerprint density at radius 3 is 2.67 bits per heavy atom. The second-order valence-electron chi connectivity index (χ2n) is 4.85. The molecule has 7 nitrogen and oxygen atoms in total. The van der Waals surface area contributed by atoms with E-state index in [1.807, 2.05) is 30.3 Å². The lowest BCUT2D eigenvalue weighted by molar-refractivity contribution is -0.140. The maximum Gasteiger partial charge on any atom is 0.329 e. The molecule has 1 aliphatic heterocycles. The molecule has 2 aromatic rings. The number of aliphatic carboxylic acids is 1. The van der Waals surface area contributed by atoms with Crippen molar-refractivity contribution < 1.29 is 23.9 Å². The summed E-state index contributed by atoms with van der Waals surface area (Å²) in [5, 5.41) is 11.7. The molecule has 1 fully saturated rings. The number of amides is 3. The lowest BCUT2D eigenvalue weighted by atomic mass is 10.3. The first kappa shape index (κ1) is 15.9. The Labute approximate surface area is 140 Å². The molecule has 0 unspecified atom stereocenters. The fourth-order valence-electron chi connectivity index (χ4n) is 2.06. The molecule has 0 aliphatic carbocycles. The molecule has 0 atom stereocenters. The van der Waals surface area contributed by atoms with Crippen molar-refractivity contribution >= 4 is 35.7 Å². The van der Waals surface area contributed by atoms with Gasteiger partial charge in [0.15, 0.2) is 5.09 Å². The number of nitrogens with zero attached hydrogens (tertiary/aromatic N) is 1. The Hall–Kier alpha value is -3.00. The fourth-order valence-corrected chi connectivity index (χ4v) is 2.86. The van der Waals surface area contributed by atoms with Gasteiger partial charge in [-0.15, -0.1) is 0 Å². The summed E-state index contributed by atoms with van der Waals surface area (Å²) in [6.45, 7) is -0.685. The molecule has 2 heterocycles. The maximum absolute atomic E-state index is 12.0. The second-order valence-corrected chi connectivity index (χ2v) is 5.92. The molecule has 1 aliphatic rings. The number of hydrogen-bond acceptors (Lipinski definition) is 5. The van der Waals surface area contributed by atoms with Gasteiger partial charge in [0.25, 0.3) is 5.91 Å². The van der Waals surface area contributed by atoms with Crippen LogP contribution in [0.25, 0.3) is 6.08 Å². The number of benzene rings is 1. The fraction of sp³-hybridized carbons (Fsp3) is 0.0625. The van der Waals surface area contributed by atoms with Gasteiger partial charge in [-0.05, 0) is 24.3 Å². The standard InChI is InChI=1S/C16H12N2O5S/c19-13(20)9-18-15(21)12(17-16(18)22)8-10-6-7-14(23-10)24-11-4-2-1-3-5-11/h1-8H,9H2,(H,17,22)(H,19,20)/b12-8+. The van der Waals surface area contributed by atoms with Crippen LogP contribution >= 0.6 is 11.8 Å². The van der Waals surface area contributed by atoms with Gasteiger partial charge in [-0.1, -0.05) is 30.0 Å². The van der Waals surface area contributed by atoms with Crippen molar-refractivity contribution in [2.45, 2.75) is 9.99 Å². The second kappa shape index (κ2) is 6.63. The number of furan rings is 1. The Bertz CT molecular complexity index is 828. The number of nitrogens with one attached hydrogen (secondary N) is 1. The molecule has 1 aromatic carbocycles. The van der Waals surface area contributed by atoms with E-state index in [9.17, 15) is 14.4 Å². The van der Waals surface area contributed by atoms with Crippen LogP contribution in [0.2, 0.25) is 0 Å². The molecule has 1 saturated heterocycles. The van der Waals surface area contributed by atoms with Gasteiger partial charge in [-0.2, -0.15) is 0 Å². The van der Waals surface area contributed by atoms with Gasteiger partial charge in [0.1, 0.15) is 18.0 Å². The minimum absolute atomic E-state index is 0.0214. The van der Waals surface area contributed by atoms with Crippen LogP contribution in [0.4, 0.5) is 4.79 Å². The van der Waals surface area contributed by atoms with E-state index in [1.165, 1.54) is 17.8 Å². The molecule has 0 spiro atoms. The van der Waals surface area contributed by atoms with Crippen LogP contribution in [0.3, 0.4) is 0 Å². The smallest absolute Gasteiger partial charge is 0.329 e. The molecular weight excluding hydrogens is 332 g/mol. The minimum Gasteiger partial charge on any atom is -0.480 e. The lowest BCUT2D eigenvalue weighted by Gasteiger charge is -2.06. The molecule has 0 radical (unpaired) electrons. The number of rotatable bonds is 5. The zero-order chi connectivity index (χ0) is 17.1. The van der Waals surface area contributed by atoms with E-state index >= 15 is 0 Å². The third-order valence-corrected chi connectivity index (χ3v) is 4.03. The molecule has 2 N–H and O–H groups in total. The Morgan fingerprint density at radius 1 is 1.21 bits per heavy atom. The van der Waals surface area contributed by atoms with Crippen LogP contribution in [-0.2, 0) is 9.59 Å². The van der Waals surface area contributed by atoms with Crippen molar-refractivity contribution in [1.29, 1.82) is 0 Å². The van der Waals surface area contributed by atoms with Crippen LogP contribution in [0, 0.1) is 0 Å². The normalized spacial score (nSPS) is 15.8. The number of carboxylic acids is 1. The van der Waals surface area contributed by atoms with Gasteiger partial charge >= 0.3 is 12.0 Å². The predicted molar refractivity (Wildman–Crippen MR) is 85.1 cm³/mol. The molecule has 1 aromatic heterocycles. The number of urea groups is 1. The van der Waals surface area contributed by atoms with Crippen LogP contribution in [-0.4, -0.2) is 34.5 Å². The molecule has 122 valence electrons. The van der Waals surface area contributed by atoms with Crippen molar-refractivity contribution in [1.82, 2.24) is 10.2 Å². The van der Waals surface area contributed by atoms with Crippen LogP contribution in [0.1, 0.15) is 5.76 Å². The van der Waals surface area contributed by atoms with Crippen LogP contribution in [0.15, 0.2) is 62.6 Å². The number of carbonyl (C=O) groups excluding carboxylic acids is 2. The highest BCUT2D eigenvalue weighted by Gasteiger charge is 2.35.